The molecule has 0 saturated heterocycles. The van der Waals surface area contributed by atoms with E-state index < -0.39 is 5.82 Å². The summed E-state index contributed by atoms with van der Waals surface area (Å²) < 4.78 is 13.2. The second-order valence-corrected chi connectivity index (χ2v) is 5.67. The van der Waals surface area contributed by atoms with Gasteiger partial charge in [0.15, 0.2) is 0 Å². The summed E-state index contributed by atoms with van der Waals surface area (Å²) in [6.45, 7) is 5.63. The summed E-state index contributed by atoms with van der Waals surface area (Å²) >= 11 is 0. The Bertz CT molecular complexity index is 546. The number of phenolic OH excluding ortho intramolecular Hbond substituents is 1. The average Bonchev–Trinajstić information content (AvgIpc) is 2.38. The van der Waals surface area contributed by atoms with Crippen LogP contribution in [0.1, 0.15) is 25.0 Å². The second kappa shape index (κ2) is 6.06. The highest BCUT2D eigenvalue weighted by Gasteiger charge is 2.19. The van der Waals surface area contributed by atoms with Gasteiger partial charge in [0.2, 0.25) is 0 Å². The Morgan fingerprint density at radius 3 is 2.45 bits per heavy atom. The maximum Gasteiger partial charge on any atom is 0.127 e. The quantitative estimate of drug-likeness (QED) is 0.872. The Morgan fingerprint density at radius 1 is 1.10 bits per heavy atom. The zero-order chi connectivity index (χ0) is 14.6. The molecular formula is C17H20FNO. The molecule has 0 fully saturated rings. The van der Waals surface area contributed by atoms with E-state index in [1.54, 1.807) is 6.07 Å². The summed E-state index contributed by atoms with van der Waals surface area (Å²) in [7, 11) is 0. The van der Waals surface area contributed by atoms with Gasteiger partial charge >= 0.3 is 0 Å². The van der Waals surface area contributed by atoms with Gasteiger partial charge in [0.25, 0.3) is 0 Å². The molecule has 0 atom stereocenters. The van der Waals surface area contributed by atoms with Gasteiger partial charge in [-0.2, -0.15) is 0 Å². The van der Waals surface area contributed by atoms with Crippen molar-refractivity contribution >= 4 is 0 Å². The molecule has 0 unspecified atom stereocenters. The summed E-state index contributed by atoms with van der Waals surface area (Å²) in [6.07, 6.45) is 0. The van der Waals surface area contributed by atoms with Gasteiger partial charge in [0.05, 0.1) is 0 Å². The molecule has 2 rings (SSSR count). The first-order valence-electron chi connectivity index (χ1n) is 6.72. The average molecular weight is 273 g/mol. The minimum Gasteiger partial charge on any atom is -0.508 e. The van der Waals surface area contributed by atoms with Crippen molar-refractivity contribution in [3.8, 4) is 5.75 Å². The summed E-state index contributed by atoms with van der Waals surface area (Å²) in [4.78, 5) is 0. The lowest BCUT2D eigenvalue weighted by atomic mass is 9.84. The Hall–Kier alpha value is -1.87. The summed E-state index contributed by atoms with van der Waals surface area (Å²) in [6, 6.07) is 14.4. The minimum absolute atomic E-state index is 0.00334. The SMILES string of the molecule is CC(C)(CNCc1cc(O)cc(F)c1)c1ccccc1. The van der Waals surface area contributed by atoms with Gasteiger partial charge in [0.1, 0.15) is 11.6 Å². The van der Waals surface area contributed by atoms with Crippen molar-refractivity contribution in [2.24, 2.45) is 0 Å². The lowest BCUT2D eigenvalue weighted by molar-refractivity contribution is 0.459. The number of hydrogen-bond acceptors (Lipinski definition) is 2. The second-order valence-electron chi connectivity index (χ2n) is 5.67. The monoisotopic (exact) mass is 273 g/mol. The summed E-state index contributed by atoms with van der Waals surface area (Å²) in [5.74, 6) is -0.451. The Balaban J connectivity index is 1.95. The van der Waals surface area contributed by atoms with Gasteiger partial charge in [-0.3, -0.25) is 0 Å². The van der Waals surface area contributed by atoms with Crippen LogP contribution in [0.3, 0.4) is 0 Å². The first kappa shape index (κ1) is 14.5. The highest BCUT2D eigenvalue weighted by Crippen LogP contribution is 2.22. The summed E-state index contributed by atoms with van der Waals surface area (Å²) in [5, 5.41) is 12.7. The molecule has 2 nitrogen and oxygen atoms in total. The standard InChI is InChI=1S/C17H20FNO/c1-17(2,14-6-4-3-5-7-14)12-19-11-13-8-15(18)10-16(20)9-13/h3-10,19-20H,11-12H2,1-2H3. The van der Waals surface area contributed by atoms with Crippen LogP contribution in [0, 0.1) is 5.82 Å². The molecule has 0 bridgehead atoms. The van der Waals surface area contributed by atoms with Gasteiger partial charge < -0.3 is 10.4 Å². The van der Waals surface area contributed by atoms with Crippen molar-refractivity contribution < 1.29 is 9.50 Å². The summed E-state index contributed by atoms with van der Waals surface area (Å²) in [5.41, 5.74) is 2.00. The topological polar surface area (TPSA) is 32.3 Å². The number of halogens is 1. The van der Waals surface area contributed by atoms with Crippen LogP contribution in [0.25, 0.3) is 0 Å². The third kappa shape index (κ3) is 3.81. The van der Waals surface area contributed by atoms with Crippen LogP contribution in [0.4, 0.5) is 4.39 Å². The largest absolute Gasteiger partial charge is 0.508 e. The molecular weight excluding hydrogens is 253 g/mol. The van der Waals surface area contributed by atoms with Crippen LogP contribution in [-0.4, -0.2) is 11.7 Å². The molecule has 0 aliphatic rings. The fraction of sp³-hybridized carbons (Fsp3) is 0.294. The van der Waals surface area contributed by atoms with Crippen molar-refractivity contribution in [3.63, 3.8) is 0 Å². The fourth-order valence-electron chi connectivity index (χ4n) is 2.25. The van der Waals surface area contributed by atoms with E-state index in [1.807, 2.05) is 18.2 Å². The number of nitrogens with one attached hydrogen (secondary N) is 1. The van der Waals surface area contributed by atoms with Crippen LogP contribution >= 0.6 is 0 Å². The molecule has 2 aromatic carbocycles. The van der Waals surface area contributed by atoms with Crippen LogP contribution in [0.2, 0.25) is 0 Å². The maximum absolute atomic E-state index is 13.2. The van der Waals surface area contributed by atoms with Gasteiger partial charge in [-0.15, -0.1) is 0 Å². The van der Waals surface area contributed by atoms with Gasteiger partial charge in [0, 0.05) is 24.6 Å². The molecule has 0 radical (unpaired) electrons. The zero-order valence-corrected chi connectivity index (χ0v) is 11.9. The van der Waals surface area contributed by atoms with E-state index in [-0.39, 0.29) is 11.2 Å². The van der Waals surface area contributed by atoms with Crippen molar-refractivity contribution in [2.75, 3.05) is 6.54 Å². The van der Waals surface area contributed by atoms with Crippen molar-refractivity contribution in [1.82, 2.24) is 5.32 Å². The van der Waals surface area contributed by atoms with Gasteiger partial charge in [-0.1, -0.05) is 44.2 Å². The van der Waals surface area contributed by atoms with E-state index in [9.17, 15) is 9.50 Å². The number of rotatable bonds is 5. The highest BCUT2D eigenvalue weighted by molar-refractivity contribution is 5.28. The van der Waals surface area contributed by atoms with Crippen LogP contribution < -0.4 is 5.32 Å². The van der Waals surface area contributed by atoms with Crippen molar-refractivity contribution in [3.05, 3.63) is 65.5 Å². The Kier molecular flexibility index (Phi) is 4.40. The Morgan fingerprint density at radius 2 is 1.80 bits per heavy atom. The lowest BCUT2D eigenvalue weighted by Crippen LogP contribution is -2.32. The van der Waals surface area contributed by atoms with Gasteiger partial charge in [-0.05, 0) is 23.3 Å². The zero-order valence-electron chi connectivity index (χ0n) is 11.9. The molecule has 0 heterocycles. The number of phenols is 1. The fourth-order valence-corrected chi connectivity index (χ4v) is 2.25. The van der Waals surface area contributed by atoms with Gasteiger partial charge in [-0.25, -0.2) is 4.39 Å². The molecule has 3 heteroatoms. The van der Waals surface area contributed by atoms with E-state index in [4.69, 9.17) is 0 Å². The van der Waals surface area contributed by atoms with Crippen LogP contribution in [0.5, 0.6) is 5.75 Å². The molecule has 0 saturated carbocycles. The van der Waals surface area contributed by atoms with Crippen LogP contribution in [0.15, 0.2) is 48.5 Å². The molecule has 0 spiro atoms. The molecule has 106 valence electrons. The third-order valence-corrected chi connectivity index (χ3v) is 3.39. The number of aromatic hydroxyl groups is 1. The maximum atomic E-state index is 13.2. The predicted octanol–water partition coefficient (Wildman–Crippen LogP) is 3.60. The van der Waals surface area contributed by atoms with Crippen molar-refractivity contribution in [1.29, 1.82) is 0 Å². The van der Waals surface area contributed by atoms with E-state index in [1.165, 1.54) is 11.6 Å². The van der Waals surface area contributed by atoms with E-state index in [0.717, 1.165) is 18.2 Å². The predicted molar refractivity (Wildman–Crippen MR) is 79.2 cm³/mol. The number of benzene rings is 2. The normalized spacial score (nSPS) is 11.6. The molecule has 0 aliphatic heterocycles. The molecule has 0 aliphatic carbocycles. The number of hydrogen-bond donors (Lipinski definition) is 2. The third-order valence-electron chi connectivity index (χ3n) is 3.39. The molecule has 2 aromatic rings. The Labute approximate surface area is 119 Å². The molecule has 0 amide bonds. The van der Waals surface area contributed by atoms with E-state index in [0.29, 0.717) is 6.54 Å². The smallest absolute Gasteiger partial charge is 0.127 e. The van der Waals surface area contributed by atoms with Crippen LogP contribution in [-0.2, 0) is 12.0 Å². The molecule has 0 aromatic heterocycles. The minimum atomic E-state index is -0.413. The molecule has 2 N–H and O–H groups in total. The van der Waals surface area contributed by atoms with E-state index in [2.05, 4.69) is 31.3 Å². The first-order chi connectivity index (χ1) is 9.47. The van der Waals surface area contributed by atoms with E-state index >= 15 is 0 Å². The van der Waals surface area contributed by atoms with Crippen molar-refractivity contribution in [2.45, 2.75) is 25.8 Å². The lowest BCUT2D eigenvalue weighted by Gasteiger charge is -2.25. The molecule has 20 heavy (non-hydrogen) atoms. The highest BCUT2D eigenvalue weighted by atomic mass is 19.1. The first-order valence-corrected chi connectivity index (χ1v) is 6.72.